The van der Waals surface area contributed by atoms with Gasteiger partial charge in [-0.15, -0.1) is 0 Å². The third kappa shape index (κ3) is 2.34. The number of likely N-dealkylation sites (tertiary alicyclic amines) is 1. The summed E-state index contributed by atoms with van der Waals surface area (Å²) in [6, 6.07) is 3.37. The largest absolute Gasteiger partial charge is 0.481 e. The summed E-state index contributed by atoms with van der Waals surface area (Å²) in [5.41, 5.74) is 0.495. The molecule has 0 bridgehead atoms. The van der Waals surface area contributed by atoms with Gasteiger partial charge in [-0.2, -0.15) is 5.10 Å². The highest BCUT2D eigenvalue weighted by Gasteiger charge is 2.52. The van der Waals surface area contributed by atoms with Gasteiger partial charge in [-0.1, -0.05) is 0 Å². The molecule has 2 fully saturated rings. The molecule has 2 aliphatic rings. The number of fused-ring (bicyclic) bond motifs is 1. The Morgan fingerprint density at radius 2 is 2.12 bits per heavy atom. The minimum absolute atomic E-state index is 0.218. The van der Waals surface area contributed by atoms with E-state index >= 15 is 0 Å². The van der Waals surface area contributed by atoms with Gasteiger partial charge in [0.05, 0.1) is 5.92 Å². The lowest BCUT2D eigenvalue weighted by Gasteiger charge is -2.36. The Bertz CT molecular complexity index is 763. The van der Waals surface area contributed by atoms with Crippen LogP contribution < -0.4 is 0 Å². The van der Waals surface area contributed by atoms with Crippen LogP contribution in [0.3, 0.4) is 0 Å². The van der Waals surface area contributed by atoms with E-state index < -0.39 is 17.3 Å². The first-order valence-corrected chi connectivity index (χ1v) is 7.99. The molecule has 1 N–H and O–H groups in total. The Kier molecular flexibility index (Phi) is 3.49. The molecule has 2 aliphatic heterocycles. The van der Waals surface area contributed by atoms with E-state index in [1.165, 1.54) is 0 Å². The number of rotatable bonds is 2. The fourth-order valence-corrected chi connectivity index (χ4v) is 3.84. The van der Waals surface area contributed by atoms with Crippen molar-refractivity contribution in [1.29, 1.82) is 0 Å². The molecule has 0 saturated carbocycles. The standard InChI is InChI=1S/C16H18N4O4/c21-14(12-8-13-17-4-1-5-20(13)18-12)19-9-11(15(22)23)16(10-19)2-6-24-7-3-16/h1,4-5,8,11H,2-3,6-7,9-10H2,(H,22,23). The van der Waals surface area contributed by atoms with E-state index in [0.717, 1.165) is 0 Å². The zero-order chi connectivity index (χ0) is 16.7. The molecule has 8 nitrogen and oxygen atoms in total. The minimum Gasteiger partial charge on any atom is -0.481 e. The molecule has 4 heterocycles. The van der Waals surface area contributed by atoms with Crippen LogP contribution in [-0.4, -0.2) is 62.8 Å². The molecule has 1 unspecified atom stereocenters. The molecule has 8 heteroatoms. The van der Waals surface area contributed by atoms with Gasteiger partial charge in [0, 0.05) is 50.2 Å². The van der Waals surface area contributed by atoms with Crippen molar-refractivity contribution in [2.45, 2.75) is 12.8 Å². The first-order chi connectivity index (χ1) is 11.6. The number of aliphatic carboxylic acids is 1. The van der Waals surface area contributed by atoms with Crippen LogP contribution in [0.4, 0.5) is 0 Å². The van der Waals surface area contributed by atoms with Crippen LogP contribution >= 0.6 is 0 Å². The fourth-order valence-electron chi connectivity index (χ4n) is 3.84. The molecular formula is C16H18N4O4. The van der Waals surface area contributed by atoms with Gasteiger partial charge in [-0.3, -0.25) is 9.59 Å². The van der Waals surface area contributed by atoms with Crippen LogP contribution in [0.25, 0.3) is 5.65 Å². The highest BCUT2D eigenvalue weighted by Crippen LogP contribution is 2.44. The van der Waals surface area contributed by atoms with E-state index in [2.05, 4.69) is 10.1 Å². The number of nitrogens with zero attached hydrogens (tertiary/aromatic N) is 4. The van der Waals surface area contributed by atoms with Crippen molar-refractivity contribution in [3.05, 3.63) is 30.2 Å². The van der Waals surface area contributed by atoms with Crippen molar-refractivity contribution in [2.75, 3.05) is 26.3 Å². The lowest BCUT2D eigenvalue weighted by molar-refractivity contribution is -0.146. The second kappa shape index (κ2) is 5.55. The van der Waals surface area contributed by atoms with Gasteiger partial charge in [0.15, 0.2) is 11.3 Å². The number of ether oxygens (including phenoxy) is 1. The molecule has 2 saturated heterocycles. The van der Waals surface area contributed by atoms with Crippen LogP contribution in [0, 0.1) is 11.3 Å². The monoisotopic (exact) mass is 330 g/mol. The number of carboxylic acid groups (broad SMARTS) is 1. The summed E-state index contributed by atoms with van der Waals surface area (Å²) >= 11 is 0. The summed E-state index contributed by atoms with van der Waals surface area (Å²) in [6.07, 6.45) is 4.70. The van der Waals surface area contributed by atoms with E-state index in [9.17, 15) is 14.7 Å². The fraction of sp³-hybridized carbons (Fsp3) is 0.500. The van der Waals surface area contributed by atoms with E-state index in [1.807, 2.05) is 0 Å². The molecule has 1 amide bonds. The Morgan fingerprint density at radius 1 is 1.33 bits per heavy atom. The molecule has 2 aromatic rings. The molecule has 0 aromatic carbocycles. The molecule has 1 spiro atoms. The molecule has 0 radical (unpaired) electrons. The first-order valence-electron chi connectivity index (χ1n) is 7.99. The van der Waals surface area contributed by atoms with Crippen LogP contribution in [0.2, 0.25) is 0 Å². The molecule has 4 rings (SSSR count). The topological polar surface area (TPSA) is 97.0 Å². The van der Waals surface area contributed by atoms with Gasteiger partial charge in [-0.05, 0) is 18.9 Å². The van der Waals surface area contributed by atoms with Crippen molar-refractivity contribution in [3.8, 4) is 0 Å². The minimum atomic E-state index is -0.844. The molecular weight excluding hydrogens is 312 g/mol. The summed E-state index contributed by atoms with van der Waals surface area (Å²) in [4.78, 5) is 30.3. The number of hydrogen-bond donors (Lipinski definition) is 1. The molecule has 1 atom stereocenters. The second-order valence-electron chi connectivity index (χ2n) is 6.50. The van der Waals surface area contributed by atoms with Crippen molar-refractivity contribution in [3.63, 3.8) is 0 Å². The van der Waals surface area contributed by atoms with Gasteiger partial charge in [0.25, 0.3) is 5.91 Å². The number of carboxylic acids is 1. The summed E-state index contributed by atoms with van der Waals surface area (Å²) in [7, 11) is 0. The second-order valence-corrected chi connectivity index (χ2v) is 6.50. The first kappa shape index (κ1) is 15.1. The van der Waals surface area contributed by atoms with Gasteiger partial charge in [-0.25, -0.2) is 9.50 Å². The summed E-state index contributed by atoms with van der Waals surface area (Å²) in [5.74, 6) is -1.64. The lowest BCUT2D eigenvalue weighted by Crippen LogP contribution is -2.40. The van der Waals surface area contributed by atoms with Crippen LogP contribution in [0.15, 0.2) is 24.5 Å². The molecule has 24 heavy (non-hydrogen) atoms. The molecule has 0 aliphatic carbocycles. The highest BCUT2D eigenvalue weighted by molar-refractivity contribution is 5.94. The average molecular weight is 330 g/mol. The van der Waals surface area contributed by atoms with Crippen molar-refractivity contribution in [2.24, 2.45) is 11.3 Å². The summed E-state index contributed by atoms with van der Waals surface area (Å²) < 4.78 is 6.93. The molecule has 126 valence electrons. The average Bonchev–Trinajstić information content (AvgIpc) is 3.17. The zero-order valence-corrected chi connectivity index (χ0v) is 13.1. The van der Waals surface area contributed by atoms with E-state index in [0.29, 0.717) is 43.9 Å². The summed E-state index contributed by atoms with van der Waals surface area (Å²) in [6.45, 7) is 1.75. The highest BCUT2D eigenvalue weighted by atomic mass is 16.5. The van der Waals surface area contributed by atoms with E-state index in [1.54, 1.807) is 33.9 Å². The predicted octanol–water partition coefficient (Wildman–Crippen LogP) is 0.683. The van der Waals surface area contributed by atoms with E-state index in [-0.39, 0.29) is 12.5 Å². The van der Waals surface area contributed by atoms with Gasteiger partial charge in [0.2, 0.25) is 0 Å². The van der Waals surface area contributed by atoms with Crippen molar-refractivity contribution >= 4 is 17.5 Å². The summed E-state index contributed by atoms with van der Waals surface area (Å²) in [5, 5.41) is 13.9. The zero-order valence-electron chi connectivity index (χ0n) is 13.1. The Hall–Kier alpha value is -2.48. The van der Waals surface area contributed by atoms with Crippen LogP contribution in [-0.2, 0) is 9.53 Å². The molecule has 2 aromatic heterocycles. The number of carbonyl (C=O) groups is 2. The number of carbonyl (C=O) groups excluding carboxylic acids is 1. The Labute approximate surface area is 138 Å². The van der Waals surface area contributed by atoms with Gasteiger partial charge < -0.3 is 14.7 Å². The van der Waals surface area contributed by atoms with Gasteiger partial charge >= 0.3 is 5.97 Å². The Morgan fingerprint density at radius 3 is 2.83 bits per heavy atom. The maximum absolute atomic E-state index is 12.8. The van der Waals surface area contributed by atoms with Gasteiger partial charge in [0.1, 0.15) is 0 Å². The van der Waals surface area contributed by atoms with E-state index in [4.69, 9.17) is 4.74 Å². The third-order valence-corrected chi connectivity index (χ3v) is 5.18. The number of hydrogen-bond acceptors (Lipinski definition) is 5. The van der Waals surface area contributed by atoms with Crippen LogP contribution in [0.5, 0.6) is 0 Å². The maximum Gasteiger partial charge on any atom is 0.308 e. The lowest BCUT2D eigenvalue weighted by atomic mass is 9.72. The maximum atomic E-state index is 12.8. The quantitative estimate of drug-likeness (QED) is 0.870. The SMILES string of the molecule is O=C(O)C1CN(C(=O)c2cc3ncccn3n2)CC12CCOCC2. The Balaban J connectivity index is 1.62. The smallest absolute Gasteiger partial charge is 0.308 e. The number of amides is 1. The van der Waals surface area contributed by atoms with Crippen molar-refractivity contribution < 1.29 is 19.4 Å². The number of aromatic nitrogens is 3. The predicted molar refractivity (Wildman–Crippen MR) is 82.5 cm³/mol. The normalized spacial score (nSPS) is 23.0. The third-order valence-electron chi connectivity index (χ3n) is 5.18. The van der Waals surface area contributed by atoms with Crippen LogP contribution in [0.1, 0.15) is 23.3 Å². The van der Waals surface area contributed by atoms with Crippen molar-refractivity contribution in [1.82, 2.24) is 19.5 Å².